The van der Waals surface area contributed by atoms with E-state index in [4.69, 9.17) is 0 Å². The van der Waals surface area contributed by atoms with E-state index in [0.29, 0.717) is 28.4 Å². The van der Waals surface area contributed by atoms with Crippen molar-refractivity contribution >= 4 is 44.2 Å². The molecule has 1 atom stereocenters. The second kappa shape index (κ2) is 9.21. The van der Waals surface area contributed by atoms with E-state index in [1.165, 1.54) is 16.2 Å². The normalized spacial score (nSPS) is 15.1. The standard InChI is InChI=1S/C24H18BrN5O2S/c25-21-6-2-5-18(27-21)23(32)30-12-9-20(30)22(31)29-24-28-19(14-33-24)17-4-1-3-16(13-17)15-7-10-26-11-8-15/h1-8,10-11,13-14,20H,9,12H2,(H,28,29,31). The van der Waals surface area contributed by atoms with Gasteiger partial charge >= 0.3 is 0 Å². The number of nitrogens with zero attached hydrogens (tertiary/aromatic N) is 4. The van der Waals surface area contributed by atoms with E-state index in [1.54, 1.807) is 30.6 Å². The van der Waals surface area contributed by atoms with Crippen LogP contribution in [0, 0.1) is 0 Å². The maximum Gasteiger partial charge on any atom is 0.273 e. The van der Waals surface area contributed by atoms with E-state index in [2.05, 4.69) is 42.3 Å². The Morgan fingerprint density at radius 1 is 1.00 bits per heavy atom. The van der Waals surface area contributed by atoms with Crippen LogP contribution in [0.2, 0.25) is 0 Å². The third-order valence-electron chi connectivity index (χ3n) is 5.42. The number of nitrogens with one attached hydrogen (secondary N) is 1. The summed E-state index contributed by atoms with van der Waals surface area (Å²) in [5.74, 6) is -0.494. The van der Waals surface area contributed by atoms with Crippen LogP contribution in [-0.2, 0) is 4.79 Å². The van der Waals surface area contributed by atoms with E-state index in [0.717, 1.165) is 22.4 Å². The SMILES string of the molecule is O=C(Nc1nc(-c2cccc(-c3ccncc3)c2)cs1)C1CCN1C(=O)c1cccc(Br)n1. The molecular weight excluding hydrogens is 502 g/mol. The molecule has 164 valence electrons. The van der Waals surface area contributed by atoms with E-state index in [9.17, 15) is 9.59 Å². The lowest BCUT2D eigenvalue weighted by atomic mass is 10.0. The molecule has 0 aliphatic carbocycles. The van der Waals surface area contributed by atoms with Gasteiger partial charge in [-0.25, -0.2) is 9.97 Å². The van der Waals surface area contributed by atoms with Gasteiger partial charge < -0.3 is 10.2 Å². The Morgan fingerprint density at radius 3 is 2.55 bits per heavy atom. The lowest BCUT2D eigenvalue weighted by Gasteiger charge is -2.39. The van der Waals surface area contributed by atoms with Gasteiger partial charge in [0.2, 0.25) is 5.91 Å². The highest BCUT2D eigenvalue weighted by atomic mass is 79.9. The van der Waals surface area contributed by atoms with Crippen molar-refractivity contribution in [3.05, 3.63) is 82.7 Å². The molecule has 1 unspecified atom stereocenters. The highest BCUT2D eigenvalue weighted by Gasteiger charge is 2.38. The molecule has 1 aliphatic heterocycles. The van der Waals surface area contributed by atoms with E-state index < -0.39 is 6.04 Å². The van der Waals surface area contributed by atoms with Crippen molar-refractivity contribution in [2.75, 3.05) is 11.9 Å². The Bertz CT molecular complexity index is 1330. The monoisotopic (exact) mass is 519 g/mol. The van der Waals surface area contributed by atoms with Crippen LogP contribution in [-0.4, -0.2) is 44.3 Å². The summed E-state index contributed by atoms with van der Waals surface area (Å²) in [6, 6.07) is 16.6. The number of likely N-dealkylation sites (tertiary alicyclic amines) is 1. The summed E-state index contributed by atoms with van der Waals surface area (Å²) in [7, 11) is 0. The van der Waals surface area contributed by atoms with Gasteiger partial charge in [0.15, 0.2) is 5.13 Å². The Balaban J connectivity index is 1.28. The van der Waals surface area contributed by atoms with E-state index in [-0.39, 0.29) is 11.8 Å². The van der Waals surface area contributed by atoms with Gasteiger partial charge in [-0.1, -0.05) is 24.3 Å². The highest BCUT2D eigenvalue weighted by molar-refractivity contribution is 9.10. The number of rotatable bonds is 5. The Morgan fingerprint density at radius 2 is 1.79 bits per heavy atom. The summed E-state index contributed by atoms with van der Waals surface area (Å²) >= 11 is 4.64. The molecule has 1 saturated heterocycles. The lowest BCUT2D eigenvalue weighted by molar-refractivity contribution is -0.123. The summed E-state index contributed by atoms with van der Waals surface area (Å²) in [5.41, 5.74) is 4.20. The summed E-state index contributed by atoms with van der Waals surface area (Å²) in [4.78, 5) is 39.9. The summed E-state index contributed by atoms with van der Waals surface area (Å²) < 4.78 is 0.582. The number of carbonyl (C=O) groups excluding carboxylic acids is 2. The maximum atomic E-state index is 12.8. The first-order valence-corrected chi connectivity index (χ1v) is 12.0. The molecule has 0 spiro atoms. The van der Waals surface area contributed by atoms with E-state index >= 15 is 0 Å². The van der Waals surface area contributed by atoms with Crippen molar-refractivity contribution in [3.8, 4) is 22.4 Å². The fourth-order valence-corrected chi connectivity index (χ4v) is 4.70. The van der Waals surface area contributed by atoms with Gasteiger partial charge in [0, 0.05) is 29.9 Å². The quantitative estimate of drug-likeness (QED) is 0.379. The van der Waals surface area contributed by atoms with Crippen LogP contribution in [0.4, 0.5) is 5.13 Å². The summed E-state index contributed by atoms with van der Waals surface area (Å²) in [6.07, 6.45) is 4.14. The molecule has 7 nitrogen and oxygen atoms in total. The number of halogens is 1. The number of hydrogen-bond acceptors (Lipinski definition) is 6. The number of hydrogen-bond donors (Lipinski definition) is 1. The maximum absolute atomic E-state index is 12.8. The van der Waals surface area contributed by atoms with Gasteiger partial charge in [-0.2, -0.15) is 0 Å². The number of amides is 2. The number of benzene rings is 1. The Hall–Kier alpha value is -3.43. The highest BCUT2D eigenvalue weighted by Crippen LogP contribution is 2.29. The summed E-state index contributed by atoms with van der Waals surface area (Å²) in [6.45, 7) is 0.524. The van der Waals surface area contributed by atoms with Crippen LogP contribution >= 0.6 is 27.3 Å². The van der Waals surface area contributed by atoms with Crippen molar-refractivity contribution in [3.63, 3.8) is 0 Å². The van der Waals surface area contributed by atoms with Crippen molar-refractivity contribution in [1.82, 2.24) is 19.9 Å². The number of pyridine rings is 2. The minimum Gasteiger partial charge on any atom is -0.325 e. The van der Waals surface area contributed by atoms with Crippen molar-refractivity contribution in [2.45, 2.75) is 12.5 Å². The van der Waals surface area contributed by atoms with Gasteiger partial charge in [-0.15, -0.1) is 11.3 Å². The van der Waals surface area contributed by atoms with Gasteiger partial charge in [-0.05, 0) is 63.8 Å². The molecule has 1 N–H and O–H groups in total. The topological polar surface area (TPSA) is 88.1 Å². The largest absolute Gasteiger partial charge is 0.325 e. The molecule has 0 radical (unpaired) electrons. The van der Waals surface area contributed by atoms with Crippen molar-refractivity contribution in [1.29, 1.82) is 0 Å². The predicted molar refractivity (Wildman–Crippen MR) is 131 cm³/mol. The zero-order valence-corrected chi connectivity index (χ0v) is 19.7. The number of thiazole rings is 1. The van der Waals surface area contributed by atoms with Gasteiger partial charge in [-0.3, -0.25) is 14.6 Å². The van der Waals surface area contributed by atoms with Crippen LogP contribution in [0.15, 0.2) is 77.0 Å². The van der Waals surface area contributed by atoms with Crippen LogP contribution in [0.1, 0.15) is 16.9 Å². The smallest absolute Gasteiger partial charge is 0.273 e. The number of anilines is 1. The molecule has 3 aromatic heterocycles. The predicted octanol–water partition coefficient (Wildman–Crippen LogP) is 4.88. The second-order valence-electron chi connectivity index (χ2n) is 7.49. The Labute approximate surface area is 202 Å². The third kappa shape index (κ3) is 4.55. The number of aromatic nitrogens is 3. The number of carbonyl (C=O) groups is 2. The molecule has 0 bridgehead atoms. The Kier molecular flexibility index (Phi) is 5.97. The third-order valence-corrected chi connectivity index (χ3v) is 6.62. The fraction of sp³-hybridized carbons (Fsp3) is 0.125. The van der Waals surface area contributed by atoms with Crippen LogP contribution in [0.5, 0.6) is 0 Å². The molecule has 1 fully saturated rings. The van der Waals surface area contributed by atoms with Crippen molar-refractivity contribution in [2.24, 2.45) is 0 Å². The first kappa shape index (κ1) is 21.4. The molecular formula is C24H18BrN5O2S. The first-order valence-electron chi connectivity index (χ1n) is 10.3. The average Bonchev–Trinajstić information content (AvgIpc) is 3.27. The second-order valence-corrected chi connectivity index (χ2v) is 9.16. The first-order chi connectivity index (χ1) is 16.1. The minimum absolute atomic E-state index is 0.240. The van der Waals surface area contributed by atoms with Gasteiger partial charge in [0.25, 0.3) is 5.91 Å². The van der Waals surface area contributed by atoms with Gasteiger partial charge in [0.05, 0.1) is 5.69 Å². The molecule has 0 saturated carbocycles. The average molecular weight is 520 g/mol. The minimum atomic E-state index is -0.527. The molecule has 4 heterocycles. The zero-order valence-electron chi connectivity index (χ0n) is 17.3. The molecule has 4 aromatic rings. The van der Waals surface area contributed by atoms with Crippen LogP contribution in [0.25, 0.3) is 22.4 Å². The van der Waals surface area contributed by atoms with Crippen molar-refractivity contribution < 1.29 is 9.59 Å². The van der Waals surface area contributed by atoms with Crippen LogP contribution in [0.3, 0.4) is 0 Å². The molecule has 2 amide bonds. The molecule has 33 heavy (non-hydrogen) atoms. The van der Waals surface area contributed by atoms with E-state index in [1.807, 2.05) is 35.7 Å². The van der Waals surface area contributed by atoms with Gasteiger partial charge in [0.1, 0.15) is 16.3 Å². The molecule has 1 aromatic carbocycles. The molecule has 1 aliphatic rings. The molecule has 9 heteroatoms. The lowest BCUT2D eigenvalue weighted by Crippen LogP contribution is -2.56. The van der Waals surface area contributed by atoms with Crippen LogP contribution < -0.4 is 5.32 Å². The fourth-order valence-electron chi connectivity index (χ4n) is 3.63. The zero-order chi connectivity index (χ0) is 22.8. The summed E-state index contributed by atoms with van der Waals surface area (Å²) in [5, 5.41) is 5.28. The molecule has 5 rings (SSSR count).